The van der Waals surface area contributed by atoms with E-state index in [1.54, 1.807) is 20.8 Å². The van der Waals surface area contributed by atoms with E-state index >= 15 is 0 Å². The van der Waals surface area contributed by atoms with Gasteiger partial charge in [0.05, 0.1) is 57.7 Å². The Bertz CT molecular complexity index is 1220. The van der Waals surface area contributed by atoms with Gasteiger partial charge in [-0.2, -0.15) is 0 Å². The van der Waals surface area contributed by atoms with Gasteiger partial charge >= 0.3 is 29.8 Å². The lowest BCUT2D eigenvalue weighted by atomic mass is 10.4. The zero-order valence-electron chi connectivity index (χ0n) is 33.5. The molecule has 0 fully saturated rings. The van der Waals surface area contributed by atoms with Crippen LogP contribution >= 0.6 is 0 Å². The van der Waals surface area contributed by atoms with Gasteiger partial charge < -0.3 is 56.8 Å². The molecular formula is C40H60O17. The first kappa shape index (κ1) is 59.9. The second-order valence-corrected chi connectivity index (χ2v) is 9.32. The maximum atomic E-state index is 10.9. The molecule has 0 saturated heterocycles. The van der Waals surface area contributed by atoms with Crippen molar-refractivity contribution in [1.29, 1.82) is 0 Å². The van der Waals surface area contributed by atoms with Crippen molar-refractivity contribution in [3.63, 3.8) is 0 Å². The summed E-state index contributed by atoms with van der Waals surface area (Å²) in [6.45, 7) is 41.4. The number of rotatable bonds is 29. The van der Waals surface area contributed by atoms with Crippen molar-refractivity contribution in [3.05, 3.63) is 126 Å². The summed E-state index contributed by atoms with van der Waals surface area (Å²) in [4.78, 5) is 52.9. The molecule has 0 heterocycles. The Hall–Kier alpha value is -6.33. The Labute approximate surface area is 336 Å². The Morgan fingerprint density at radius 1 is 0.368 bits per heavy atom. The Kier molecular flexibility index (Phi) is 52.2. The number of carbonyl (C=O) groups excluding carboxylic acids is 5. The van der Waals surface area contributed by atoms with E-state index < -0.39 is 29.8 Å². The molecule has 0 atom stereocenters. The third-order valence-electron chi connectivity index (χ3n) is 4.55. The van der Waals surface area contributed by atoms with E-state index in [0.29, 0.717) is 63.0 Å². The Morgan fingerprint density at radius 3 is 1.00 bits per heavy atom. The summed E-state index contributed by atoms with van der Waals surface area (Å²) in [5.41, 5.74) is 1.14. The first-order valence-corrected chi connectivity index (χ1v) is 16.5. The van der Waals surface area contributed by atoms with E-state index in [0.717, 1.165) is 12.2 Å². The van der Waals surface area contributed by atoms with Gasteiger partial charge in [-0.15, -0.1) is 0 Å². The van der Waals surface area contributed by atoms with E-state index in [9.17, 15) is 24.0 Å². The molecule has 0 aromatic rings. The summed E-state index contributed by atoms with van der Waals surface area (Å²) in [6.07, 6.45) is 8.56. The van der Waals surface area contributed by atoms with Crippen LogP contribution in [0.5, 0.6) is 0 Å². The van der Waals surface area contributed by atoms with E-state index in [4.69, 9.17) is 33.2 Å². The molecule has 0 aliphatic heterocycles. The predicted octanol–water partition coefficient (Wildman–Crippen LogP) is 5.50. The van der Waals surface area contributed by atoms with Crippen LogP contribution in [0.25, 0.3) is 0 Å². The number of esters is 5. The van der Waals surface area contributed by atoms with Crippen molar-refractivity contribution in [2.24, 2.45) is 0 Å². The van der Waals surface area contributed by atoms with Crippen molar-refractivity contribution in [1.82, 2.24) is 0 Å². The van der Waals surface area contributed by atoms with Crippen molar-refractivity contribution in [2.45, 2.75) is 20.8 Å². The molecule has 0 bridgehead atoms. The molecule has 17 heteroatoms. The molecule has 0 aromatic carbocycles. The fraction of sp³-hybridized carbons (Fsp3) is 0.375. The molecule has 0 spiro atoms. The molecule has 0 aliphatic carbocycles. The van der Waals surface area contributed by atoms with Gasteiger partial charge in [0, 0.05) is 28.9 Å². The monoisotopic (exact) mass is 812 g/mol. The summed E-state index contributed by atoms with van der Waals surface area (Å²) in [5, 5.41) is 0. The van der Waals surface area contributed by atoms with Crippen LogP contribution in [-0.2, 0) is 80.8 Å². The third-order valence-corrected chi connectivity index (χ3v) is 4.55. The second-order valence-electron chi connectivity index (χ2n) is 9.32. The minimum atomic E-state index is -0.503. The lowest BCUT2D eigenvalue weighted by molar-refractivity contribution is -0.148. The third kappa shape index (κ3) is 59.2. The fourth-order valence-corrected chi connectivity index (χ4v) is 2.01. The van der Waals surface area contributed by atoms with E-state index in [-0.39, 0.29) is 33.4 Å². The van der Waals surface area contributed by atoms with Gasteiger partial charge in [-0.3, -0.25) is 0 Å². The first-order chi connectivity index (χ1) is 27.2. The highest BCUT2D eigenvalue weighted by molar-refractivity contribution is 5.87. The zero-order valence-corrected chi connectivity index (χ0v) is 33.5. The summed E-state index contributed by atoms with van der Waals surface area (Å²) in [7, 11) is 0. The van der Waals surface area contributed by atoms with Crippen LogP contribution in [0.3, 0.4) is 0 Å². The highest BCUT2D eigenvalue weighted by Crippen LogP contribution is 1.93. The number of ether oxygens (including phenoxy) is 12. The van der Waals surface area contributed by atoms with E-state index in [1.165, 1.54) is 31.3 Å². The highest BCUT2D eigenvalue weighted by Gasteiger charge is 2.03. The molecular weight excluding hydrogens is 752 g/mol. The lowest BCUT2D eigenvalue weighted by Gasteiger charge is -2.05. The molecule has 0 aliphatic rings. The van der Waals surface area contributed by atoms with Crippen LogP contribution < -0.4 is 0 Å². The van der Waals surface area contributed by atoms with Crippen LogP contribution in [-0.4, -0.2) is 110 Å². The molecule has 0 aromatic heterocycles. The van der Waals surface area contributed by atoms with Crippen LogP contribution in [0.4, 0.5) is 0 Å². The zero-order chi connectivity index (χ0) is 44.5. The van der Waals surface area contributed by atoms with Crippen LogP contribution in [0.2, 0.25) is 0 Å². The lowest BCUT2D eigenvalue weighted by Crippen LogP contribution is -2.12. The minimum absolute atomic E-state index is 0.102. The average Bonchev–Trinajstić information content (AvgIpc) is 3.19. The largest absolute Gasteiger partial charge is 0.499 e. The minimum Gasteiger partial charge on any atom is -0.499 e. The molecule has 322 valence electrons. The summed E-state index contributed by atoms with van der Waals surface area (Å²) < 4.78 is 56.5. The molecule has 0 unspecified atom stereocenters. The molecule has 17 nitrogen and oxygen atoms in total. The van der Waals surface area contributed by atoms with Crippen molar-refractivity contribution in [3.8, 4) is 0 Å². The average molecular weight is 813 g/mol. The summed E-state index contributed by atoms with van der Waals surface area (Å²) in [5.74, 6) is -2.18. The number of hydrogen-bond donors (Lipinski definition) is 0. The fourth-order valence-electron chi connectivity index (χ4n) is 2.01. The SMILES string of the molecule is C=COCCOC(=O)C(=C)C.C=COCCOCCOC(=O)C(=C)C.C=COCCOCCOC(=O)C=C.C=COCOC(=O)C(=C)C.C=COCOC(=O)C=C. The molecule has 57 heavy (non-hydrogen) atoms. The molecule has 0 N–H and O–H groups in total. The quantitative estimate of drug-likeness (QED) is 0.0229. The predicted molar refractivity (Wildman–Crippen MR) is 212 cm³/mol. The van der Waals surface area contributed by atoms with Gasteiger partial charge in [0.2, 0.25) is 13.6 Å². The second kappa shape index (κ2) is 49.7. The van der Waals surface area contributed by atoms with Crippen molar-refractivity contribution in [2.75, 3.05) is 79.7 Å². The summed E-state index contributed by atoms with van der Waals surface area (Å²) >= 11 is 0. The topological polar surface area (TPSA) is 196 Å². The van der Waals surface area contributed by atoms with Gasteiger partial charge in [-0.05, 0) is 20.8 Å². The van der Waals surface area contributed by atoms with Crippen molar-refractivity contribution >= 4 is 29.8 Å². The van der Waals surface area contributed by atoms with Crippen molar-refractivity contribution < 1.29 is 80.8 Å². The molecule has 0 radical (unpaired) electrons. The number of carbonyl (C=O) groups is 5. The van der Waals surface area contributed by atoms with Gasteiger partial charge in [0.1, 0.15) is 39.6 Å². The Morgan fingerprint density at radius 2 is 0.649 bits per heavy atom. The molecule has 0 saturated carbocycles. The van der Waals surface area contributed by atoms with Crippen LogP contribution in [0, 0.1) is 0 Å². The molecule has 0 amide bonds. The molecule has 0 rings (SSSR count). The smallest absolute Gasteiger partial charge is 0.335 e. The van der Waals surface area contributed by atoms with E-state index in [1.807, 2.05) is 0 Å². The maximum absolute atomic E-state index is 10.9. The Balaban J connectivity index is -0.000000199. The van der Waals surface area contributed by atoms with Gasteiger partial charge in [-0.1, -0.05) is 65.8 Å². The van der Waals surface area contributed by atoms with Gasteiger partial charge in [0.15, 0.2) is 0 Å². The maximum Gasteiger partial charge on any atom is 0.335 e. The van der Waals surface area contributed by atoms with Gasteiger partial charge in [0.25, 0.3) is 0 Å². The number of hydrogen-bond acceptors (Lipinski definition) is 17. The summed E-state index contributed by atoms with van der Waals surface area (Å²) in [6, 6.07) is 0. The van der Waals surface area contributed by atoms with Crippen LogP contribution in [0.15, 0.2) is 126 Å². The van der Waals surface area contributed by atoms with Gasteiger partial charge in [-0.25, -0.2) is 24.0 Å². The highest BCUT2D eigenvalue weighted by atomic mass is 16.7. The van der Waals surface area contributed by atoms with Crippen LogP contribution in [0.1, 0.15) is 20.8 Å². The normalized spacial score (nSPS) is 8.54. The first-order valence-electron chi connectivity index (χ1n) is 16.5. The van der Waals surface area contributed by atoms with E-state index in [2.05, 4.69) is 89.5 Å². The standard InChI is InChI=1S/C10H16O4.C9H14O4.C8H12O3.C7H10O3.C6H8O3/c1-4-12-5-6-13-7-8-14-10(11)9(2)3;1-3-9(10)13-8-7-12-6-5-11-4-2;1-4-10-5-6-11-8(9)7(2)3;1-4-9-5-10-7(8)6(2)3;1-3-6(7)9-5-8-4-2/h4H,1-2,5-8H2,3H3;3-4H,1-2,5-8H2;4H,1-2,5-6H2,3H3;4H,1-2,5H2,3H3;3-4H,1-2,5H2.